The number of thioether (sulfide) groups is 1. The first kappa shape index (κ1) is 23.0. The summed E-state index contributed by atoms with van der Waals surface area (Å²) < 4.78 is 21.5. The second-order valence-corrected chi connectivity index (χ2v) is 9.21. The molecule has 180 valence electrons. The number of allylic oxidation sites excluding steroid dienone is 1. The lowest BCUT2D eigenvalue weighted by atomic mass is 10.2. The predicted octanol–water partition coefficient (Wildman–Crippen LogP) is 5.01. The van der Waals surface area contributed by atoms with Crippen molar-refractivity contribution in [1.82, 2.24) is 19.3 Å². The highest BCUT2D eigenvalue weighted by atomic mass is 32.2. The quantitative estimate of drug-likeness (QED) is 0.185. The Morgan fingerprint density at radius 2 is 2.00 bits per heavy atom. The highest BCUT2D eigenvalue weighted by Crippen LogP contribution is 2.36. The van der Waals surface area contributed by atoms with Crippen LogP contribution < -0.4 is 9.47 Å². The van der Waals surface area contributed by atoms with Crippen LogP contribution in [0, 0.1) is 13.8 Å². The number of aromatic nitrogens is 4. The number of aryl methyl sites for hydroxylation is 1. The minimum Gasteiger partial charge on any atom is -0.485 e. The zero-order valence-corrected chi connectivity index (χ0v) is 20.5. The van der Waals surface area contributed by atoms with E-state index < -0.39 is 6.10 Å². The number of rotatable bonds is 9. The summed E-state index contributed by atoms with van der Waals surface area (Å²) in [7, 11) is 0. The fourth-order valence-electron chi connectivity index (χ4n) is 4.19. The molecule has 4 aromatic rings. The molecule has 0 fully saturated rings. The molecule has 0 radical (unpaired) electrons. The van der Waals surface area contributed by atoms with E-state index >= 15 is 0 Å². The summed E-state index contributed by atoms with van der Waals surface area (Å²) in [4.78, 5) is 13.1. The van der Waals surface area contributed by atoms with E-state index in [1.807, 2.05) is 60.9 Å². The Morgan fingerprint density at radius 3 is 2.77 bits per heavy atom. The van der Waals surface area contributed by atoms with Crippen molar-refractivity contribution in [3.63, 3.8) is 0 Å². The van der Waals surface area contributed by atoms with Crippen LogP contribution in [0.3, 0.4) is 0 Å². The van der Waals surface area contributed by atoms with Crippen molar-refractivity contribution in [2.75, 3.05) is 12.4 Å². The lowest BCUT2D eigenvalue weighted by Gasteiger charge is -2.26. The summed E-state index contributed by atoms with van der Waals surface area (Å²) in [6, 6.07) is 13.3. The largest absolute Gasteiger partial charge is 0.485 e. The van der Waals surface area contributed by atoms with E-state index in [9.17, 15) is 4.79 Å². The van der Waals surface area contributed by atoms with Crippen molar-refractivity contribution < 1.29 is 18.7 Å². The number of benzene rings is 1. The fraction of sp³-hybridized carbons (Fsp3) is 0.269. The Hall–Kier alpha value is -3.72. The molecule has 0 bridgehead atoms. The van der Waals surface area contributed by atoms with Gasteiger partial charge in [0, 0.05) is 23.5 Å². The van der Waals surface area contributed by atoms with Crippen LogP contribution in [-0.2, 0) is 13.1 Å². The number of carbonyl (C=O) groups excluding carboxylic acids is 1. The van der Waals surface area contributed by atoms with Crippen LogP contribution in [0.2, 0.25) is 0 Å². The van der Waals surface area contributed by atoms with E-state index in [0.29, 0.717) is 47.7 Å². The molecule has 0 amide bonds. The minimum absolute atomic E-state index is 0.0367. The van der Waals surface area contributed by atoms with Gasteiger partial charge in [-0.3, -0.25) is 9.36 Å². The van der Waals surface area contributed by atoms with Crippen molar-refractivity contribution >= 4 is 17.5 Å². The summed E-state index contributed by atoms with van der Waals surface area (Å²) in [6.07, 6.45) is 3.03. The van der Waals surface area contributed by atoms with E-state index in [1.165, 1.54) is 11.8 Å². The van der Waals surface area contributed by atoms with Gasteiger partial charge in [0.1, 0.15) is 12.4 Å². The second kappa shape index (κ2) is 9.87. The second-order valence-electron chi connectivity index (χ2n) is 8.27. The molecule has 1 aliphatic rings. The van der Waals surface area contributed by atoms with E-state index in [2.05, 4.69) is 21.3 Å². The number of para-hydroxylation sites is 2. The standard InChI is InChI=1S/C26H26N4O4S/c1-4-11-29-25(24-15-33-22-9-5-6-10-23(22)34-24)27-28-26(29)35-16-21(31)20-13-17(2)30(18(20)3)14-19-8-7-12-32-19/h4-10,12-13,24H,1,11,14-16H2,2-3H3/t24-/m1/s1. The number of fused-ring (bicyclic) bond motifs is 1. The van der Waals surface area contributed by atoms with Gasteiger partial charge in [-0.05, 0) is 44.2 Å². The zero-order valence-electron chi connectivity index (χ0n) is 19.6. The molecule has 9 heteroatoms. The average Bonchev–Trinajstić information content (AvgIpc) is 3.59. The van der Waals surface area contributed by atoms with Crippen molar-refractivity contribution in [1.29, 1.82) is 0 Å². The lowest BCUT2D eigenvalue weighted by Crippen LogP contribution is -2.25. The van der Waals surface area contributed by atoms with Crippen LogP contribution in [0.5, 0.6) is 11.5 Å². The van der Waals surface area contributed by atoms with E-state index in [-0.39, 0.29) is 11.5 Å². The first-order valence-electron chi connectivity index (χ1n) is 11.3. The number of Topliss-reactive ketones (excluding diaryl/α,β-unsaturated/α-hetero) is 1. The van der Waals surface area contributed by atoms with Gasteiger partial charge < -0.3 is 18.5 Å². The van der Waals surface area contributed by atoms with Gasteiger partial charge in [-0.1, -0.05) is 30.0 Å². The number of hydrogen-bond acceptors (Lipinski definition) is 7. The normalized spacial score (nSPS) is 14.7. The maximum absolute atomic E-state index is 13.1. The molecule has 0 unspecified atom stereocenters. The SMILES string of the molecule is C=CCn1c(SCC(=O)c2cc(C)n(Cc3ccco3)c2C)nnc1[C@H]1COc2ccccc2O1. The molecule has 1 aliphatic heterocycles. The number of hydrogen-bond donors (Lipinski definition) is 0. The Labute approximate surface area is 207 Å². The topological polar surface area (TPSA) is 84.3 Å². The molecule has 0 saturated heterocycles. The van der Waals surface area contributed by atoms with Crippen LogP contribution in [0.4, 0.5) is 0 Å². The van der Waals surface area contributed by atoms with Crippen LogP contribution in [0.25, 0.3) is 0 Å². The summed E-state index contributed by atoms with van der Waals surface area (Å²) in [5.74, 6) is 3.16. The number of furan rings is 1. The Morgan fingerprint density at radius 1 is 1.17 bits per heavy atom. The van der Waals surface area contributed by atoms with Gasteiger partial charge in [0.25, 0.3) is 0 Å². The summed E-state index contributed by atoms with van der Waals surface area (Å²) >= 11 is 1.36. The minimum atomic E-state index is -0.400. The third-order valence-electron chi connectivity index (χ3n) is 5.95. The van der Waals surface area contributed by atoms with E-state index in [1.54, 1.807) is 12.3 Å². The first-order valence-corrected chi connectivity index (χ1v) is 12.3. The Balaban J connectivity index is 1.31. The molecule has 1 atom stereocenters. The Bertz CT molecular complexity index is 1360. The first-order chi connectivity index (χ1) is 17.0. The number of ether oxygens (including phenoxy) is 2. The van der Waals surface area contributed by atoms with Crippen LogP contribution in [-0.4, -0.2) is 37.5 Å². The van der Waals surface area contributed by atoms with Gasteiger partial charge in [0.2, 0.25) is 0 Å². The van der Waals surface area contributed by atoms with Gasteiger partial charge in [0.05, 0.1) is 18.6 Å². The predicted molar refractivity (Wildman–Crippen MR) is 132 cm³/mol. The van der Waals surface area contributed by atoms with E-state index in [0.717, 1.165) is 17.1 Å². The molecular weight excluding hydrogens is 464 g/mol. The molecule has 1 aromatic carbocycles. The highest BCUT2D eigenvalue weighted by molar-refractivity contribution is 7.99. The third-order valence-corrected chi connectivity index (χ3v) is 6.92. The van der Waals surface area contributed by atoms with Crippen molar-refractivity contribution in [2.24, 2.45) is 0 Å². The van der Waals surface area contributed by atoms with Crippen LogP contribution >= 0.6 is 11.8 Å². The number of carbonyl (C=O) groups is 1. The van der Waals surface area contributed by atoms with Gasteiger partial charge in [0.15, 0.2) is 34.4 Å². The van der Waals surface area contributed by atoms with Crippen LogP contribution in [0.1, 0.15) is 39.4 Å². The Kier molecular flexibility index (Phi) is 6.50. The van der Waals surface area contributed by atoms with Gasteiger partial charge in [-0.25, -0.2) is 0 Å². The molecule has 3 aromatic heterocycles. The van der Waals surface area contributed by atoms with Crippen LogP contribution in [0.15, 0.2) is 71.0 Å². The third kappa shape index (κ3) is 4.64. The monoisotopic (exact) mass is 490 g/mol. The van der Waals surface area contributed by atoms with Crippen molar-refractivity contribution in [2.45, 2.75) is 38.2 Å². The fourth-order valence-corrected chi connectivity index (χ4v) is 5.02. The van der Waals surface area contributed by atoms with E-state index in [4.69, 9.17) is 13.9 Å². The summed E-state index contributed by atoms with van der Waals surface area (Å²) in [5.41, 5.74) is 2.64. The summed E-state index contributed by atoms with van der Waals surface area (Å²) in [6.45, 7) is 9.24. The lowest BCUT2D eigenvalue weighted by molar-refractivity contribution is 0.0821. The van der Waals surface area contributed by atoms with Gasteiger partial charge in [-0.2, -0.15) is 0 Å². The molecule has 0 aliphatic carbocycles. The molecule has 0 saturated carbocycles. The molecule has 4 heterocycles. The zero-order chi connectivity index (χ0) is 24.4. The molecule has 0 N–H and O–H groups in total. The maximum Gasteiger partial charge on any atom is 0.192 e. The highest BCUT2D eigenvalue weighted by Gasteiger charge is 2.28. The molecule has 5 rings (SSSR count). The molecule has 35 heavy (non-hydrogen) atoms. The molecule has 0 spiro atoms. The smallest absolute Gasteiger partial charge is 0.192 e. The molecule has 8 nitrogen and oxygen atoms in total. The number of nitrogens with zero attached hydrogens (tertiary/aromatic N) is 4. The van der Waals surface area contributed by atoms with Crippen molar-refractivity contribution in [3.05, 3.63) is 89.9 Å². The van der Waals surface area contributed by atoms with Gasteiger partial charge in [-0.15, -0.1) is 16.8 Å². The maximum atomic E-state index is 13.1. The average molecular weight is 491 g/mol. The van der Waals surface area contributed by atoms with Crippen molar-refractivity contribution in [3.8, 4) is 11.5 Å². The van der Waals surface area contributed by atoms with Gasteiger partial charge >= 0.3 is 0 Å². The molecular formula is C26H26N4O4S. The number of ketones is 1. The summed E-state index contributed by atoms with van der Waals surface area (Å²) in [5, 5.41) is 9.36.